The molecule has 0 unspecified atom stereocenters. The summed E-state index contributed by atoms with van der Waals surface area (Å²) >= 11 is 0. The molecule has 32 heavy (non-hydrogen) atoms. The van der Waals surface area contributed by atoms with Crippen LogP contribution in [0.3, 0.4) is 0 Å². The molecule has 1 heterocycles. The topological polar surface area (TPSA) is 93.3 Å². The number of ether oxygens (including phenoxy) is 2. The summed E-state index contributed by atoms with van der Waals surface area (Å²) in [6.45, 7) is 0. The Morgan fingerprint density at radius 2 is 1.78 bits per heavy atom. The van der Waals surface area contributed by atoms with Gasteiger partial charge in [-0.15, -0.1) is 0 Å². The van der Waals surface area contributed by atoms with E-state index in [1.165, 1.54) is 0 Å². The van der Waals surface area contributed by atoms with Crippen molar-refractivity contribution in [2.45, 2.75) is 12.8 Å². The zero-order chi connectivity index (χ0) is 22.5. The minimum absolute atomic E-state index is 0.137. The van der Waals surface area contributed by atoms with Gasteiger partial charge in [0.05, 0.1) is 25.3 Å². The summed E-state index contributed by atoms with van der Waals surface area (Å²) in [4.78, 5) is 32.0. The van der Waals surface area contributed by atoms with Gasteiger partial charge in [0.1, 0.15) is 17.2 Å². The molecule has 3 aromatic carbocycles. The molecule has 0 spiro atoms. The molecule has 0 aliphatic heterocycles. The Hall–Kier alpha value is -4.13. The van der Waals surface area contributed by atoms with E-state index in [0.29, 0.717) is 28.2 Å². The van der Waals surface area contributed by atoms with Crippen LogP contribution in [-0.2, 0) is 11.2 Å². The predicted molar refractivity (Wildman–Crippen MR) is 124 cm³/mol. The van der Waals surface area contributed by atoms with Crippen LogP contribution in [0.2, 0.25) is 0 Å². The van der Waals surface area contributed by atoms with Gasteiger partial charge < -0.3 is 19.8 Å². The molecule has 0 aliphatic carbocycles. The summed E-state index contributed by atoms with van der Waals surface area (Å²) in [6, 6.07) is 20.4. The molecule has 0 saturated heterocycles. The second-order valence-electron chi connectivity index (χ2n) is 7.22. The largest absolute Gasteiger partial charge is 0.497 e. The SMILES string of the molecule is COc1ccc(-c2cc(NC(=O)CCc3nc4ccccc4[nH]c3=O)ccc2OC)cc1. The lowest BCUT2D eigenvalue weighted by Gasteiger charge is -2.12. The van der Waals surface area contributed by atoms with E-state index in [2.05, 4.69) is 15.3 Å². The summed E-state index contributed by atoms with van der Waals surface area (Å²) in [5.41, 5.74) is 3.86. The van der Waals surface area contributed by atoms with Crippen LogP contribution in [0.15, 0.2) is 71.5 Å². The lowest BCUT2D eigenvalue weighted by molar-refractivity contribution is -0.116. The van der Waals surface area contributed by atoms with Crippen LogP contribution in [0.25, 0.3) is 22.2 Å². The number of carbonyl (C=O) groups excluding carboxylic acids is 1. The van der Waals surface area contributed by atoms with Gasteiger partial charge in [0, 0.05) is 24.1 Å². The maximum absolute atomic E-state index is 12.5. The predicted octanol–water partition coefficient (Wildman–Crippen LogP) is 4.18. The van der Waals surface area contributed by atoms with Gasteiger partial charge in [-0.25, -0.2) is 4.98 Å². The Kier molecular flexibility index (Phi) is 6.17. The number of nitrogens with one attached hydrogen (secondary N) is 2. The third-order valence-electron chi connectivity index (χ3n) is 5.14. The van der Waals surface area contributed by atoms with Crippen molar-refractivity contribution in [3.63, 3.8) is 0 Å². The van der Waals surface area contributed by atoms with Crippen molar-refractivity contribution in [2.24, 2.45) is 0 Å². The quantitative estimate of drug-likeness (QED) is 0.460. The number of carbonyl (C=O) groups is 1. The number of benzene rings is 3. The van der Waals surface area contributed by atoms with Crippen LogP contribution < -0.4 is 20.3 Å². The average Bonchev–Trinajstić information content (AvgIpc) is 2.82. The monoisotopic (exact) mass is 429 g/mol. The van der Waals surface area contributed by atoms with Gasteiger partial charge in [-0.05, 0) is 48.0 Å². The van der Waals surface area contributed by atoms with Crippen molar-refractivity contribution in [1.29, 1.82) is 0 Å². The second-order valence-corrected chi connectivity index (χ2v) is 7.22. The summed E-state index contributed by atoms with van der Waals surface area (Å²) in [7, 11) is 3.22. The number of H-pyrrole nitrogens is 1. The van der Waals surface area contributed by atoms with Crippen molar-refractivity contribution < 1.29 is 14.3 Å². The average molecular weight is 429 g/mol. The number of aryl methyl sites for hydroxylation is 1. The van der Waals surface area contributed by atoms with Gasteiger partial charge in [0.2, 0.25) is 5.91 Å². The number of nitrogens with zero attached hydrogens (tertiary/aromatic N) is 1. The van der Waals surface area contributed by atoms with E-state index in [4.69, 9.17) is 9.47 Å². The molecule has 0 saturated carbocycles. The lowest BCUT2D eigenvalue weighted by Crippen LogP contribution is -2.19. The molecular weight excluding hydrogens is 406 g/mol. The number of amides is 1. The highest BCUT2D eigenvalue weighted by Crippen LogP contribution is 2.33. The molecule has 4 rings (SSSR count). The molecule has 4 aromatic rings. The van der Waals surface area contributed by atoms with Crippen LogP contribution >= 0.6 is 0 Å². The Labute approximate surface area is 185 Å². The summed E-state index contributed by atoms with van der Waals surface area (Å²) in [5, 5.41) is 2.89. The standard InChI is InChI=1S/C25H23N3O4/c1-31-18-10-7-16(8-11-18)19-15-17(9-13-23(19)32-2)26-24(29)14-12-22-25(30)28-21-6-4-3-5-20(21)27-22/h3-11,13,15H,12,14H2,1-2H3,(H,26,29)(H,28,30). The van der Waals surface area contributed by atoms with Gasteiger partial charge in [-0.1, -0.05) is 24.3 Å². The third kappa shape index (κ3) is 4.62. The lowest BCUT2D eigenvalue weighted by atomic mass is 10.0. The van der Waals surface area contributed by atoms with E-state index in [1.807, 2.05) is 54.6 Å². The highest BCUT2D eigenvalue weighted by atomic mass is 16.5. The number of anilines is 1. The van der Waals surface area contributed by atoms with E-state index in [0.717, 1.165) is 16.9 Å². The molecular formula is C25H23N3O4. The van der Waals surface area contributed by atoms with Gasteiger partial charge >= 0.3 is 0 Å². The molecule has 162 valence electrons. The van der Waals surface area contributed by atoms with E-state index in [1.54, 1.807) is 26.4 Å². The fourth-order valence-electron chi connectivity index (χ4n) is 3.47. The number of para-hydroxylation sites is 2. The molecule has 7 nitrogen and oxygen atoms in total. The van der Waals surface area contributed by atoms with Crippen LogP contribution in [0.1, 0.15) is 12.1 Å². The first kappa shape index (κ1) is 21.1. The number of methoxy groups -OCH3 is 2. The van der Waals surface area contributed by atoms with Crippen molar-refractivity contribution >= 4 is 22.6 Å². The molecule has 0 fully saturated rings. The van der Waals surface area contributed by atoms with Crippen LogP contribution in [0.4, 0.5) is 5.69 Å². The smallest absolute Gasteiger partial charge is 0.270 e. The normalized spacial score (nSPS) is 10.7. The molecule has 0 atom stereocenters. The van der Waals surface area contributed by atoms with Crippen LogP contribution in [0, 0.1) is 0 Å². The maximum Gasteiger partial charge on any atom is 0.270 e. The van der Waals surface area contributed by atoms with Gasteiger partial charge in [-0.3, -0.25) is 9.59 Å². The molecule has 1 aromatic heterocycles. The second kappa shape index (κ2) is 9.34. The molecule has 7 heteroatoms. The number of fused-ring (bicyclic) bond motifs is 1. The third-order valence-corrected chi connectivity index (χ3v) is 5.14. The molecule has 0 bridgehead atoms. The molecule has 2 N–H and O–H groups in total. The molecule has 0 aliphatic rings. The Morgan fingerprint density at radius 1 is 1.00 bits per heavy atom. The van der Waals surface area contributed by atoms with Gasteiger partial charge in [-0.2, -0.15) is 0 Å². The first-order chi connectivity index (χ1) is 15.6. The number of hydrogen-bond donors (Lipinski definition) is 2. The van der Waals surface area contributed by atoms with E-state index in [-0.39, 0.29) is 24.3 Å². The van der Waals surface area contributed by atoms with E-state index < -0.39 is 0 Å². The van der Waals surface area contributed by atoms with Crippen molar-refractivity contribution in [1.82, 2.24) is 9.97 Å². The highest BCUT2D eigenvalue weighted by Gasteiger charge is 2.11. The number of aromatic nitrogens is 2. The van der Waals surface area contributed by atoms with Gasteiger partial charge in [0.15, 0.2) is 0 Å². The molecule has 0 radical (unpaired) electrons. The Balaban J connectivity index is 1.48. The van der Waals surface area contributed by atoms with Crippen molar-refractivity contribution in [3.8, 4) is 22.6 Å². The molecule has 1 amide bonds. The van der Waals surface area contributed by atoms with Crippen molar-refractivity contribution in [2.75, 3.05) is 19.5 Å². The zero-order valence-electron chi connectivity index (χ0n) is 17.8. The van der Waals surface area contributed by atoms with Crippen LogP contribution in [-0.4, -0.2) is 30.1 Å². The minimum atomic E-state index is -0.275. The van der Waals surface area contributed by atoms with Crippen molar-refractivity contribution in [3.05, 3.63) is 82.8 Å². The fourth-order valence-corrected chi connectivity index (χ4v) is 3.47. The van der Waals surface area contributed by atoms with E-state index >= 15 is 0 Å². The summed E-state index contributed by atoms with van der Waals surface area (Å²) in [5.74, 6) is 1.25. The highest BCUT2D eigenvalue weighted by molar-refractivity contribution is 5.92. The zero-order valence-corrected chi connectivity index (χ0v) is 17.8. The first-order valence-corrected chi connectivity index (χ1v) is 10.2. The Morgan fingerprint density at radius 3 is 2.53 bits per heavy atom. The maximum atomic E-state index is 12.5. The van der Waals surface area contributed by atoms with E-state index in [9.17, 15) is 9.59 Å². The number of aromatic amines is 1. The first-order valence-electron chi connectivity index (χ1n) is 10.2. The summed E-state index contributed by atoms with van der Waals surface area (Å²) in [6.07, 6.45) is 0.381. The number of rotatable bonds is 7. The van der Waals surface area contributed by atoms with Crippen LogP contribution in [0.5, 0.6) is 11.5 Å². The fraction of sp³-hybridized carbons (Fsp3) is 0.160. The van der Waals surface area contributed by atoms with Gasteiger partial charge in [0.25, 0.3) is 5.56 Å². The Bertz CT molecular complexity index is 1310. The number of hydrogen-bond acceptors (Lipinski definition) is 5. The summed E-state index contributed by atoms with van der Waals surface area (Å²) < 4.78 is 10.7. The minimum Gasteiger partial charge on any atom is -0.497 e.